The number of ether oxygens (including phenoxy) is 3. The zero-order chi connectivity index (χ0) is 40.5. The quantitative estimate of drug-likeness (QED) is 0.0348. The van der Waals surface area contributed by atoms with Gasteiger partial charge in [0.1, 0.15) is 13.2 Å². The summed E-state index contributed by atoms with van der Waals surface area (Å²) in [5.41, 5.74) is 0. The van der Waals surface area contributed by atoms with Crippen molar-refractivity contribution in [1.29, 1.82) is 0 Å². The lowest BCUT2D eigenvalue weighted by molar-refractivity contribution is -0.167. The van der Waals surface area contributed by atoms with Crippen LogP contribution in [0.2, 0.25) is 0 Å². The SMILES string of the molecule is CCCCCCCCCCCCCCCC(=O)OC[C@@H](COC(=O)CCCCCCCCC(C)C)OC(=O)CCCCCCCCCCCCCCC(C)C. The second-order valence-electron chi connectivity index (χ2n) is 17.7. The van der Waals surface area contributed by atoms with E-state index in [1.807, 2.05) is 0 Å². The van der Waals surface area contributed by atoms with Gasteiger partial charge in [-0.2, -0.15) is 0 Å². The number of unbranched alkanes of at least 4 members (excludes halogenated alkanes) is 28. The third-order valence-corrected chi connectivity index (χ3v) is 11.0. The van der Waals surface area contributed by atoms with Crippen molar-refractivity contribution in [3.8, 4) is 0 Å². The lowest BCUT2D eigenvalue weighted by atomic mass is 10.0. The molecule has 0 fully saturated rings. The Morgan fingerprint density at radius 3 is 0.891 bits per heavy atom. The molecule has 0 heterocycles. The van der Waals surface area contributed by atoms with Gasteiger partial charge in [0.15, 0.2) is 6.10 Å². The molecule has 6 nitrogen and oxygen atoms in total. The molecule has 0 rings (SSSR count). The van der Waals surface area contributed by atoms with E-state index in [9.17, 15) is 14.4 Å². The van der Waals surface area contributed by atoms with Crippen molar-refractivity contribution in [3.05, 3.63) is 0 Å². The molecule has 55 heavy (non-hydrogen) atoms. The molecule has 0 saturated heterocycles. The number of hydrogen-bond donors (Lipinski definition) is 0. The zero-order valence-electron chi connectivity index (χ0n) is 37.6. The van der Waals surface area contributed by atoms with Crippen LogP contribution in [0.15, 0.2) is 0 Å². The van der Waals surface area contributed by atoms with Gasteiger partial charge in [-0.15, -0.1) is 0 Å². The molecule has 0 aliphatic rings. The Hall–Kier alpha value is -1.59. The Balaban J connectivity index is 4.30. The number of rotatable bonds is 43. The van der Waals surface area contributed by atoms with E-state index >= 15 is 0 Å². The van der Waals surface area contributed by atoms with E-state index in [4.69, 9.17) is 14.2 Å². The van der Waals surface area contributed by atoms with Crippen LogP contribution in [0.25, 0.3) is 0 Å². The highest BCUT2D eigenvalue weighted by Crippen LogP contribution is 2.17. The van der Waals surface area contributed by atoms with Gasteiger partial charge in [-0.1, -0.05) is 227 Å². The minimum Gasteiger partial charge on any atom is -0.462 e. The molecule has 0 radical (unpaired) electrons. The van der Waals surface area contributed by atoms with Crippen LogP contribution in [0.5, 0.6) is 0 Å². The molecule has 0 bridgehead atoms. The molecule has 0 aromatic carbocycles. The summed E-state index contributed by atoms with van der Waals surface area (Å²) in [6.07, 6.45) is 41.0. The summed E-state index contributed by atoms with van der Waals surface area (Å²) in [6.45, 7) is 11.3. The maximum atomic E-state index is 12.7. The van der Waals surface area contributed by atoms with Gasteiger partial charge in [0, 0.05) is 19.3 Å². The molecule has 326 valence electrons. The van der Waals surface area contributed by atoms with Crippen molar-refractivity contribution in [2.75, 3.05) is 13.2 Å². The summed E-state index contributed by atoms with van der Waals surface area (Å²) in [4.78, 5) is 37.8. The fourth-order valence-corrected chi connectivity index (χ4v) is 7.28. The maximum Gasteiger partial charge on any atom is 0.306 e. The van der Waals surface area contributed by atoms with Crippen LogP contribution in [0.1, 0.15) is 266 Å². The summed E-state index contributed by atoms with van der Waals surface area (Å²) in [5.74, 6) is 0.738. The molecule has 1 atom stereocenters. The molecule has 0 saturated carbocycles. The van der Waals surface area contributed by atoms with Crippen molar-refractivity contribution >= 4 is 17.9 Å². The van der Waals surface area contributed by atoms with Gasteiger partial charge in [0.25, 0.3) is 0 Å². The molecule has 0 aliphatic heterocycles. The predicted octanol–water partition coefficient (Wildman–Crippen LogP) is 15.4. The van der Waals surface area contributed by atoms with Crippen molar-refractivity contribution < 1.29 is 28.6 Å². The molecule has 6 heteroatoms. The molecule has 0 aromatic rings. The van der Waals surface area contributed by atoms with Gasteiger partial charge in [-0.25, -0.2) is 0 Å². The average molecular weight is 779 g/mol. The van der Waals surface area contributed by atoms with Crippen molar-refractivity contribution in [3.63, 3.8) is 0 Å². The first-order valence-electron chi connectivity index (χ1n) is 24.2. The maximum absolute atomic E-state index is 12.7. The van der Waals surface area contributed by atoms with E-state index in [2.05, 4.69) is 34.6 Å². The second-order valence-corrected chi connectivity index (χ2v) is 17.7. The van der Waals surface area contributed by atoms with Gasteiger partial charge in [0.2, 0.25) is 0 Å². The minimum absolute atomic E-state index is 0.0649. The van der Waals surface area contributed by atoms with Crippen LogP contribution in [0.3, 0.4) is 0 Å². The van der Waals surface area contributed by atoms with E-state index in [-0.39, 0.29) is 31.1 Å². The summed E-state index contributed by atoms with van der Waals surface area (Å²) < 4.78 is 16.7. The molecular weight excluding hydrogens is 685 g/mol. The average Bonchev–Trinajstić information content (AvgIpc) is 3.15. The van der Waals surface area contributed by atoms with Gasteiger partial charge in [-0.3, -0.25) is 14.4 Å². The Morgan fingerprint density at radius 2 is 0.600 bits per heavy atom. The third-order valence-electron chi connectivity index (χ3n) is 11.0. The van der Waals surface area contributed by atoms with Crippen LogP contribution < -0.4 is 0 Å². The summed E-state index contributed by atoms with van der Waals surface area (Å²) in [6, 6.07) is 0. The first-order chi connectivity index (χ1) is 26.7. The van der Waals surface area contributed by atoms with Crippen LogP contribution in [-0.2, 0) is 28.6 Å². The topological polar surface area (TPSA) is 78.9 Å². The highest BCUT2D eigenvalue weighted by Gasteiger charge is 2.19. The van der Waals surface area contributed by atoms with Gasteiger partial charge < -0.3 is 14.2 Å². The predicted molar refractivity (Wildman–Crippen MR) is 233 cm³/mol. The Bertz CT molecular complexity index is 839. The minimum atomic E-state index is -0.761. The number of esters is 3. The monoisotopic (exact) mass is 779 g/mol. The van der Waals surface area contributed by atoms with Crippen LogP contribution in [0.4, 0.5) is 0 Å². The highest BCUT2D eigenvalue weighted by molar-refractivity contribution is 5.71. The van der Waals surface area contributed by atoms with Crippen molar-refractivity contribution in [2.24, 2.45) is 11.8 Å². The molecule has 0 aromatic heterocycles. The fraction of sp³-hybridized carbons (Fsp3) is 0.939. The van der Waals surface area contributed by atoms with Gasteiger partial charge in [0.05, 0.1) is 0 Å². The normalized spacial score (nSPS) is 12.1. The third kappa shape index (κ3) is 43.4. The van der Waals surface area contributed by atoms with E-state index in [1.165, 1.54) is 154 Å². The largest absolute Gasteiger partial charge is 0.462 e. The van der Waals surface area contributed by atoms with Crippen LogP contribution >= 0.6 is 0 Å². The van der Waals surface area contributed by atoms with Gasteiger partial charge in [-0.05, 0) is 31.1 Å². The molecule has 0 unspecified atom stereocenters. The molecule has 0 spiro atoms. The number of carbonyl (C=O) groups excluding carboxylic acids is 3. The first-order valence-corrected chi connectivity index (χ1v) is 24.2. The Morgan fingerprint density at radius 1 is 0.345 bits per heavy atom. The second kappa shape index (κ2) is 42.0. The summed E-state index contributed by atoms with van der Waals surface area (Å²) >= 11 is 0. The Labute approximate surface area is 342 Å². The molecule has 0 amide bonds. The van der Waals surface area contributed by atoms with E-state index in [0.29, 0.717) is 19.3 Å². The van der Waals surface area contributed by atoms with Crippen molar-refractivity contribution in [1.82, 2.24) is 0 Å². The van der Waals surface area contributed by atoms with Crippen LogP contribution in [0, 0.1) is 11.8 Å². The van der Waals surface area contributed by atoms with Crippen molar-refractivity contribution in [2.45, 2.75) is 272 Å². The van der Waals surface area contributed by atoms with E-state index in [1.54, 1.807) is 0 Å². The summed E-state index contributed by atoms with van der Waals surface area (Å²) in [7, 11) is 0. The van der Waals surface area contributed by atoms with E-state index < -0.39 is 6.10 Å². The summed E-state index contributed by atoms with van der Waals surface area (Å²) in [5, 5.41) is 0. The Kier molecular flexibility index (Phi) is 40.8. The lowest BCUT2D eigenvalue weighted by Crippen LogP contribution is -2.30. The number of carbonyl (C=O) groups is 3. The lowest BCUT2D eigenvalue weighted by Gasteiger charge is -2.18. The highest BCUT2D eigenvalue weighted by atomic mass is 16.6. The number of hydrogen-bond acceptors (Lipinski definition) is 6. The fourth-order valence-electron chi connectivity index (χ4n) is 7.28. The smallest absolute Gasteiger partial charge is 0.306 e. The molecule has 0 N–H and O–H groups in total. The zero-order valence-corrected chi connectivity index (χ0v) is 37.6. The van der Waals surface area contributed by atoms with Crippen LogP contribution in [-0.4, -0.2) is 37.2 Å². The molecule has 0 aliphatic carbocycles. The molecular formula is C49H94O6. The standard InChI is InChI=1S/C49H94O6/c1-6-7-8-9-10-11-12-13-17-20-23-29-34-39-47(50)53-42-46(43-54-48(51)40-35-30-26-25-28-33-38-45(4)5)55-49(52)41-36-31-24-21-18-15-14-16-19-22-27-32-37-44(2)3/h44-46H,6-43H2,1-5H3/t46-/m0/s1. The van der Waals surface area contributed by atoms with Gasteiger partial charge >= 0.3 is 17.9 Å². The van der Waals surface area contributed by atoms with E-state index in [0.717, 1.165) is 69.6 Å². The first kappa shape index (κ1) is 53.4.